The van der Waals surface area contributed by atoms with Crippen LogP contribution in [-0.4, -0.2) is 38.8 Å². The number of aliphatic hydroxyl groups is 1. The summed E-state index contributed by atoms with van der Waals surface area (Å²) < 4.78 is 18.6. The molecular formula is C33H42O4Si. The molecule has 0 saturated carbocycles. The predicted octanol–water partition coefficient (Wildman–Crippen LogP) is 5.53. The third-order valence-electron chi connectivity index (χ3n) is 6.80. The molecule has 0 unspecified atom stereocenters. The van der Waals surface area contributed by atoms with Crippen molar-refractivity contribution >= 4 is 18.7 Å². The Bertz CT molecular complexity index is 1090. The van der Waals surface area contributed by atoms with E-state index in [0.29, 0.717) is 19.8 Å². The van der Waals surface area contributed by atoms with E-state index in [-0.39, 0.29) is 17.4 Å². The van der Waals surface area contributed by atoms with Gasteiger partial charge >= 0.3 is 0 Å². The van der Waals surface area contributed by atoms with Gasteiger partial charge in [-0.2, -0.15) is 0 Å². The normalized spacial score (nSPS) is 14.2. The Kier molecular flexibility index (Phi) is 11.2. The molecular weight excluding hydrogens is 488 g/mol. The Labute approximate surface area is 230 Å². The summed E-state index contributed by atoms with van der Waals surface area (Å²) in [5.41, 5.74) is 1.06. The molecule has 38 heavy (non-hydrogen) atoms. The summed E-state index contributed by atoms with van der Waals surface area (Å²) in [5.74, 6) is 2.85. The van der Waals surface area contributed by atoms with Crippen LogP contribution in [0.15, 0.2) is 91.0 Å². The van der Waals surface area contributed by atoms with E-state index in [2.05, 4.69) is 88.3 Å². The quantitative estimate of drug-likeness (QED) is 0.247. The molecule has 0 saturated heterocycles. The molecule has 0 amide bonds. The van der Waals surface area contributed by atoms with E-state index in [9.17, 15) is 5.11 Å². The molecule has 3 aromatic carbocycles. The highest BCUT2D eigenvalue weighted by Crippen LogP contribution is 2.37. The maximum absolute atomic E-state index is 11.2. The van der Waals surface area contributed by atoms with Gasteiger partial charge in [0.2, 0.25) is 0 Å². The first kappa shape index (κ1) is 29.7. The van der Waals surface area contributed by atoms with Crippen molar-refractivity contribution in [3.05, 3.63) is 96.6 Å². The second-order valence-electron chi connectivity index (χ2n) is 10.7. The van der Waals surface area contributed by atoms with Gasteiger partial charge in [0.15, 0.2) is 0 Å². The highest BCUT2D eigenvalue weighted by molar-refractivity contribution is 6.99. The molecule has 4 nitrogen and oxygen atoms in total. The van der Waals surface area contributed by atoms with E-state index in [1.807, 2.05) is 49.4 Å². The van der Waals surface area contributed by atoms with E-state index < -0.39 is 20.5 Å². The topological polar surface area (TPSA) is 47.9 Å². The third kappa shape index (κ3) is 7.58. The molecule has 202 valence electrons. The van der Waals surface area contributed by atoms with E-state index in [1.54, 1.807) is 0 Å². The molecule has 3 rings (SSSR count). The van der Waals surface area contributed by atoms with Gasteiger partial charge in [0.05, 0.1) is 25.4 Å². The van der Waals surface area contributed by atoms with Crippen LogP contribution in [0.1, 0.15) is 46.6 Å². The predicted molar refractivity (Wildman–Crippen MR) is 158 cm³/mol. The summed E-state index contributed by atoms with van der Waals surface area (Å²) in [4.78, 5) is 0. The molecule has 0 radical (unpaired) electrons. The first-order chi connectivity index (χ1) is 18.3. The largest absolute Gasteiger partial charge is 0.447 e. The summed E-state index contributed by atoms with van der Waals surface area (Å²) in [5, 5.41) is 13.5. The van der Waals surface area contributed by atoms with Gasteiger partial charge < -0.3 is 19.0 Å². The molecule has 1 N–H and O–H groups in total. The molecule has 3 aromatic rings. The fourth-order valence-electron chi connectivity index (χ4n) is 4.92. The van der Waals surface area contributed by atoms with Crippen molar-refractivity contribution in [1.82, 2.24) is 0 Å². The molecule has 0 fully saturated rings. The van der Waals surface area contributed by atoms with E-state index >= 15 is 0 Å². The van der Waals surface area contributed by atoms with Crippen LogP contribution < -0.4 is 10.4 Å². The monoisotopic (exact) mass is 530 g/mol. The molecule has 0 bridgehead atoms. The summed E-state index contributed by atoms with van der Waals surface area (Å²) >= 11 is 0. The average Bonchev–Trinajstić information content (AvgIpc) is 2.92. The van der Waals surface area contributed by atoms with Crippen LogP contribution in [-0.2, 0) is 20.5 Å². The van der Waals surface area contributed by atoms with Crippen LogP contribution in [0.3, 0.4) is 0 Å². The van der Waals surface area contributed by atoms with E-state index in [1.165, 1.54) is 10.4 Å². The second-order valence-corrected chi connectivity index (χ2v) is 15.0. The lowest BCUT2D eigenvalue weighted by Crippen LogP contribution is -2.67. The van der Waals surface area contributed by atoms with Crippen LogP contribution in [0, 0.1) is 17.9 Å². The standard InChI is InChI=1S/C33H42O4Si/c1-6-35-24-16-23-31(34)32(36-26-28-17-10-7-11-18-28)27(2)25-37-38(33(3,4)5,29-19-12-8-13-20-29)30-21-14-9-15-22-30/h7-15,17-22,27,31-32,34H,6,23,25-26H2,1-5H3/t27-,31+,32-/m1/s1. The number of aliphatic hydroxyl groups excluding tert-OH is 1. The third-order valence-corrected chi connectivity index (χ3v) is 11.8. The van der Waals surface area contributed by atoms with Gasteiger partial charge in [-0.1, -0.05) is 125 Å². The Morgan fingerprint density at radius 2 is 1.37 bits per heavy atom. The average molecular weight is 531 g/mol. The minimum atomic E-state index is -2.70. The molecule has 3 atom stereocenters. The fourth-order valence-corrected chi connectivity index (χ4v) is 9.59. The minimum Gasteiger partial charge on any atom is -0.447 e. The van der Waals surface area contributed by atoms with E-state index in [4.69, 9.17) is 13.9 Å². The van der Waals surface area contributed by atoms with Crippen LogP contribution >= 0.6 is 0 Å². The molecule has 0 aliphatic rings. The lowest BCUT2D eigenvalue weighted by atomic mass is 9.98. The molecule has 5 heteroatoms. The Balaban J connectivity index is 1.90. The van der Waals surface area contributed by atoms with Gasteiger partial charge in [-0.15, -0.1) is 0 Å². The first-order valence-electron chi connectivity index (χ1n) is 13.5. The van der Waals surface area contributed by atoms with Gasteiger partial charge in [0, 0.05) is 18.9 Å². The summed E-state index contributed by atoms with van der Waals surface area (Å²) in [7, 11) is -2.70. The highest BCUT2D eigenvalue weighted by atomic mass is 28.4. The summed E-state index contributed by atoms with van der Waals surface area (Å²) in [6, 6.07) is 31.2. The van der Waals surface area contributed by atoms with Gasteiger partial charge in [-0.05, 0) is 27.9 Å². The van der Waals surface area contributed by atoms with E-state index in [0.717, 1.165) is 5.56 Å². The Hall–Kier alpha value is -2.88. The second kappa shape index (κ2) is 14.3. The number of ether oxygens (including phenoxy) is 2. The van der Waals surface area contributed by atoms with Crippen molar-refractivity contribution in [2.24, 2.45) is 5.92 Å². The van der Waals surface area contributed by atoms with Crippen LogP contribution in [0.5, 0.6) is 0 Å². The zero-order valence-electron chi connectivity index (χ0n) is 23.4. The number of hydrogen-bond acceptors (Lipinski definition) is 4. The van der Waals surface area contributed by atoms with Gasteiger partial charge in [0.25, 0.3) is 8.32 Å². The van der Waals surface area contributed by atoms with Crippen LogP contribution in [0.2, 0.25) is 5.04 Å². The van der Waals surface area contributed by atoms with Crippen molar-refractivity contribution in [2.45, 2.75) is 64.9 Å². The van der Waals surface area contributed by atoms with Crippen LogP contribution in [0.25, 0.3) is 0 Å². The Morgan fingerprint density at radius 1 is 0.842 bits per heavy atom. The summed E-state index contributed by atoms with van der Waals surface area (Å²) in [6.07, 6.45) is 1.70. The zero-order valence-corrected chi connectivity index (χ0v) is 24.4. The smallest absolute Gasteiger partial charge is 0.261 e. The lowest BCUT2D eigenvalue weighted by molar-refractivity contribution is -0.0790. The molecule has 0 heterocycles. The lowest BCUT2D eigenvalue weighted by Gasteiger charge is -2.44. The van der Waals surface area contributed by atoms with Crippen molar-refractivity contribution in [3.8, 4) is 12.0 Å². The molecule has 0 spiro atoms. The maximum atomic E-state index is 11.2. The fraction of sp³-hybridized carbons (Fsp3) is 0.394. The minimum absolute atomic E-state index is 0.0794. The zero-order chi connectivity index (χ0) is 27.4. The van der Waals surface area contributed by atoms with Crippen molar-refractivity contribution < 1.29 is 19.0 Å². The Morgan fingerprint density at radius 3 is 1.87 bits per heavy atom. The number of benzene rings is 3. The highest BCUT2D eigenvalue weighted by Gasteiger charge is 2.50. The first-order valence-corrected chi connectivity index (χ1v) is 15.4. The molecule has 0 aliphatic heterocycles. The van der Waals surface area contributed by atoms with Gasteiger partial charge in [0.1, 0.15) is 6.11 Å². The number of rotatable bonds is 12. The van der Waals surface area contributed by atoms with Crippen LogP contribution in [0.4, 0.5) is 0 Å². The van der Waals surface area contributed by atoms with Crippen molar-refractivity contribution in [1.29, 1.82) is 0 Å². The maximum Gasteiger partial charge on any atom is 0.261 e. The summed E-state index contributed by atoms with van der Waals surface area (Å²) in [6.45, 7) is 12.2. The van der Waals surface area contributed by atoms with Gasteiger partial charge in [-0.25, -0.2) is 0 Å². The van der Waals surface area contributed by atoms with Gasteiger partial charge in [-0.3, -0.25) is 0 Å². The number of hydrogen-bond donors (Lipinski definition) is 1. The molecule has 0 aromatic heterocycles. The SMILES string of the molecule is CCOC#CC[C@H](O)[C@H](OCc1ccccc1)[C@H](C)CO[Si](c1ccccc1)(c1ccccc1)C(C)(C)C. The van der Waals surface area contributed by atoms with Crippen molar-refractivity contribution in [3.63, 3.8) is 0 Å². The van der Waals surface area contributed by atoms with Crippen molar-refractivity contribution in [2.75, 3.05) is 13.2 Å². The molecule has 0 aliphatic carbocycles.